The van der Waals surface area contributed by atoms with E-state index < -0.39 is 20.5 Å². The zero-order valence-electron chi connectivity index (χ0n) is 14.2. The fraction of sp³-hybridized carbons (Fsp3) is 0.529. The van der Waals surface area contributed by atoms with Gasteiger partial charge in [0, 0.05) is 25.0 Å². The fourth-order valence-electron chi connectivity index (χ4n) is 3.60. The van der Waals surface area contributed by atoms with Gasteiger partial charge in [-0.15, -0.1) is 0 Å². The molecule has 2 amide bonds. The first-order valence-electron chi connectivity index (χ1n) is 8.42. The minimum absolute atomic E-state index is 0.00450. The van der Waals surface area contributed by atoms with E-state index in [4.69, 9.17) is 0 Å². The lowest BCUT2D eigenvalue weighted by Crippen LogP contribution is -2.58. The maximum absolute atomic E-state index is 12.6. The van der Waals surface area contributed by atoms with Gasteiger partial charge in [0.1, 0.15) is 0 Å². The third-order valence-corrected chi connectivity index (χ3v) is 7.09. The molecule has 136 valence electrons. The number of nitrogens with zero attached hydrogens (tertiary/aromatic N) is 1. The molecule has 7 nitrogen and oxygen atoms in total. The molecule has 0 bridgehead atoms. The molecule has 25 heavy (non-hydrogen) atoms. The third-order valence-electron chi connectivity index (χ3n) is 5.08. The number of benzene rings is 1. The van der Waals surface area contributed by atoms with Crippen LogP contribution in [0.3, 0.4) is 0 Å². The van der Waals surface area contributed by atoms with Crippen molar-refractivity contribution < 1.29 is 18.0 Å². The molecule has 0 unspecified atom stereocenters. The van der Waals surface area contributed by atoms with Crippen molar-refractivity contribution in [2.24, 2.45) is 0 Å². The van der Waals surface area contributed by atoms with Gasteiger partial charge >= 0.3 is 0 Å². The predicted molar refractivity (Wildman–Crippen MR) is 95.2 cm³/mol. The van der Waals surface area contributed by atoms with Gasteiger partial charge in [0.25, 0.3) is 0 Å². The average Bonchev–Trinajstić information content (AvgIpc) is 2.90. The summed E-state index contributed by atoms with van der Waals surface area (Å²) >= 11 is 0. The van der Waals surface area contributed by atoms with Crippen LogP contribution in [0.4, 0.5) is 5.69 Å². The average molecular weight is 365 g/mol. The van der Waals surface area contributed by atoms with E-state index in [0.717, 1.165) is 17.5 Å². The molecule has 2 heterocycles. The maximum atomic E-state index is 12.6. The first-order valence-corrected chi connectivity index (χ1v) is 10.3. The minimum atomic E-state index is -3.53. The van der Waals surface area contributed by atoms with Gasteiger partial charge in [-0.25, -0.2) is 8.42 Å². The molecule has 1 aromatic carbocycles. The van der Waals surface area contributed by atoms with E-state index in [1.807, 2.05) is 24.3 Å². The summed E-state index contributed by atoms with van der Waals surface area (Å²) in [7, 11) is -3.53. The first-order chi connectivity index (χ1) is 11.8. The third kappa shape index (κ3) is 3.28. The van der Waals surface area contributed by atoms with Gasteiger partial charge in [0.2, 0.25) is 11.8 Å². The summed E-state index contributed by atoms with van der Waals surface area (Å²) in [5.74, 6) is -0.466. The van der Waals surface area contributed by atoms with Crippen molar-refractivity contribution >= 4 is 27.3 Å². The van der Waals surface area contributed by atoms with Gasteiger partial charge in [0.05, 0.1) is 6.42 Å². The molecule has 8 heteroatoms. The summed E-state index contributed by atoms with van der Waals surface area (Å²) in [5, 5.41) is 5.83. The van der Waals surface area contributed by atoms with E-state index in [1.165, 1.54) is 0 Å². The molecule has 1 saturated heterocycles. The number of carbonyl (C=O) groups excluding carboxylic acids is 2. The van der Waals surface area contributed by atoms with Crippen LogP contribution in [0.25, 0.3) is 0 Å². The van der Waals surface area contributed by atoms with E-state index in [-0.39, 0.29) is 25.3 Å². The Balaban J connectivity index is 1.65. The van der Waals surface area contributed by atoms with Gasteiger partial charge in [-0.3, -0.25) is 9.59 Å². The molecule has 0 aromatic heterocycles. The number of para-hydroxylation sites is 1. The van der Waals surface area contributed by atoms with Gasteiger partial charge in [-0.1, -0.05) is 18.2 Å². The molecule has 2 N–H and O–H groups in total. The lowest BCUT2D eigenvalue weighted by molar-refractivity contribution is -0.124. The zero-order chi connectivity index (χ0) is 18.1. The largest absolute Gasteiger partial charge is 0.353 e. The molecule has 2 aliphatic heterocycles. The van der Waals surface area contributed by atoms with Crippen LogP contribution < -0.4 is 15.5 Å². The van der Waals surface area contributed by atoms with Crippen LogP contribution in [0.1, 0.15) is 18.4 Å². The SMILES string of the molecule is CS(=O)(=O)C1(C(=O)NCCN2C(=O)Cc3ccccc32)CCNCC1. The number of anilines is 1. The Morgan fingerprint density at radius 3 is 2.64 bits per heavy atom. The van der Waals surface area contributed by atoms with E-state index in [9.17, 15) is 18.0 Å². The van der Waals surface area contributed by atoms with Gasteiger partial charge in [-0.05, 0) is 37.6 Å². The standard InChI is InChI=1S/C17H23N3O4S/c1-25(23,24)17(6-8-18-9-7-17)16(22)19-10-11-20-14-5-3-2-4-13(14)12-15(20)21/h2-5,18H,6-12H2,1H3,(H,19,22). The summed E-state index contributed by atoms with van der Waals surface area (Å²) < 4.78 is 23.1. The number of carbonyl (C=O) groups is 2. The van der Waals surface area contributed by atoms with E-state index in [2.05, 4.69) is 10.6 Å². The van der Waals surface area contributed by atoms with Crippen LogP contribution in [0, 0.1) is 0 Å². The quantitative estimate of drug-likeness (QED) is 0.757. The van der Waals surface area contributed by atoms with Gasteiger partial charge in [-0.2, -0.15) is 0 Å². The van der Waals surface area contributed by atoms with Gasteiger partial charge in [0.15, 0.2) is 14.6 Å². The molecule has 0 aliphatic carbocycles. The molecular formula is C17H23N3O4S. The molecule has 0 saturated carbocycles. The second kappa shape index (κ2) is 6.76. The van der Waals surface area contributed by atoms with Crippen molar-refractivity contribution in [1.29, 1.82) is 0 Å². The number of fused-ring (bicyclic) bond motifs is 1. The molecule has 3 rings (SSSR count). The van der Waals surface area contributed by atoms with Crippen LogP contribution >= 0.6 is 0 Å². The number of hydrogen-bond donors (Lipinski definition) is 2. The van der Waals surface area contributed by atoms with Crippen molar-refractivity contribution in [2.45, 2.75) is 24.0 Å². The van der Waals surface area contributed by atoms with Gasteiger partial charge < -0.3 is 15.5 Å². The monoisotopic (exact) mass is 365 g/mol. The highest BCUT2D eigenvalue weighted by Crippen LogP contribution is 2.29. The van der Waals surface area contributed by atoms with Crippen molar-refractivity contribution in [3.8, 4) is 0 Å². The maximum Gasteiger partial charge on any atom is 0.241 e. The summed E-state index contributed by atoms with van der Waals surface area (Å²) in [4.78, 5) is 26.4. The Hall–Kier alpha value is -1.93. The Labute approximate surface area is 147 Å². The molecular weight excluding hydrogens is 342 g/mol. The topological polar surface area (TPSA) is 95.6 Å². The van der Waals surface area contributed by atoms with Crippen LogP contribution in [0.5, 0.6) is 0 Å². The number of sulfone groups is 1. The predicted octanol–water partition coefficient (Wildman–Crippen LogP) is -0.141. The van der Waals surface area contributed by atoms with Crippen molar-refractivity contribution in [1.82, 2.24) is 10.6 Å². The molecule has 0 radical (unpaired) electrons. The van der Waals surface area contributed by atoms with E-state index in [0.29, 0.717) is 26.1 Å². The highest BCUT2D eigenvalue weighted by molar-refractivity contribution is 7.92. The second-order valence-electron chi connectivity index (χ2n) is 6.62. The van der Waals surface area contributed by atoms with Crippen LogP contribution in [0.15, 0.2) is 24.3 Å². The molecule has 0 spiro atoms. The summed E-state index contributed by atoms with van der Waals surface area (Å²) in [6.45, 7) is 1.56. The Bertz CT molecular complexity index is 785. The number of nitrogens with one attached hydrogen (secondary N) is 2. The highest BCUT2D eigenvalue weighted by Gasteiger charge is 2.48. The van der Waals surface area contributed by atoms with Crippen molar-refractivity contribution in [2.75, 3.05) is 37.3 Å². The second-order valence-corrected chi connectivity index (χ2v) is 8.95. The smallest absolute Gasteiger partial charge is 0.241 e. The Morgan fingerprint density at radius 2 is 1.96 bits per heavy atom. The molecule has 1 fully saturated rings. The normalized spacial score (nSPS) is 19.6. The fourth-order valence-corrected chi connectivity index (χ4v) is 4.96. The van der Waals surface area contributed by atoms with E-state index in [1.54, 1.807) is 4.90 Å². The number of rotatable bonds is 5. The molecule has 2 aliphatic rings. The van der Waals surface area contributed by atoms with Crippen LogP contribution in [0.2, 0.25) is 0 Å². The lowest BCUT2D eigenvalue weighted by atomic mass is 9.96. The molecule has 1 aromatic rings. The summed E-state index contributed by atoms with van der Waals surface area (Å²) in [6.07, 6.45) is 2.02. The Kier molecular flexibility index (Phi) is 4.83. The van der Waals surface area contributed by atoms with Crippen molar-refractivity contribution in [3.63, 3.8) is 0 Å². The van der Waals surface area contributed by atoms with Crippen molar-refractivity contribution in [3.05, 3.63) is 29.8 Å². The first kappa shape index (κ1) is 17.9. The number of piperidine rings is 1. The summed E-state index contributed by atoms with van der Waals surface area (Å²) in [6, 6.07) is 7.56. The number of amides is 2. The number of hydrogen-bond acceptors (Lipinski definition) is 5. The lowest BCUT2D eigenvalue weighted by Gasteiger charge is -2.34. The minimum Gasteiger partial charge on any atom is -0.353 e. The Morgan fingerprint density at radius 1 is 1.28 bits per heavy atom. The van der Waals surface area contributed by atoms with Crippen LogP contribution in [-0.4, -0.2) is 57.4 Å². The highest BCUT2D eigenvalue weighted by atomic mass is 32.2. The van der Waals surface area contributed by atoms with E-state index >= 15 is 0 Å². The van der Waals surface area contributed by atoms with Crippen LogP contribution in [-0.2, 0) is 25.8 Å². The summed E-state index contributed by atoms with van der Waals surface area (Å²) in [5.41, 5.74) is 1.84. The molecule has 0 atom stereocenters. The zero-order valence-corrected chi connectivity index (χ0v) is 15.1.